The number of hydrogen-bond acceptors (Lipinski definition) is 3. The van der Waals surface area contributed by atoms with Gasteiger partial charge in [0.05, 0.1) is 0 Å². The Bertz CT molecular complexity index is 239. The lowest BCUT2D eigenvalue weighted by Crippen LogP contribution is -2.45. The average Bonchev–Trinajstić information content (AvgIpc) is 2.26. The molecule has 15 heavy (non-hydrogen) atoms. The highest BCUT2D eigenvalue weighted by atomic mass is 16.5. The minimum atomic E-state index is -0.590. The van der Waals surface area contributed by atoms with Crippen LogP contribution in [-0.2, 0) is 14.3 Å². The van der Waals surface area contributed by atoms with Crippen molar-refractivity contribution in [3.8, 4) is 0 Å². The summed E-state index contributed by atoms with van der Waals surface area (Å²) in [4.78, 5) is 12.0. The van der Waals surface area contributed by atoms with Gasteiger partial charge in [0, 0.05) is 39.6 Å². The van der Waals surface area contributed by atoms with E-state index in [9.17, 15) is 4.79 Å². The SMILES string of the molecule is C=C(C)CCC(=O)C1(OC)CCOCC1. The van der Waals surface area contributed by atoms with E-state index in [4.69, 9.17) is 9.47 Å². The van der Waals surface area contributed by atoms with Gasteiger partial charge in [-0.1, -0.05) is 5.57 Å². The van der Waals surface area contributed by atoms with Crippen molar-refractivity contribution in [1.29, 1.82) is 0 Å². The summed E-state index contributed by atoms with van der Waals surface area (Å²) in [6.07, 6.45) is 2.64. The number of allylic oxidation sites excluding steroid dienone is 1. The number of methoxy groups -OCH3 is 1. The Kier molecular flexibility index (Phi) is 4.48. The molecule has 0 aromatic carbocycles. The highest BCUT2D eigenvalue weighted by Gasteiger charge is 2.39. The van der Waals surface area contributed by atoms with Gasteiger partial charge < -0.3 is 9.47 Å². The van der Waals surface area contributed by atoms with E-state index in [-0.39, 0.29) is 5.78 Å². The predicted octanol–water partition coefficient (Wildman–Crippen LogP) is 2.11. The molecule has 0 aromatic rings. The van der Waals surface area contributed by atoms with Gasteiger partial charge in [-0.25, -0.2) is 0 Å². The highest BCUT2D eigenvalue weighted by Crippen LogP contribution is 2.27. The molecule has 86 valence electrons. The van der Waals surface area contributed by atoms with Crippen LogP contribution in [0.1, 0.15) is 32.6 Å². The second kappa shape index (κ2) is 5.42. The molecule has 0 amide bonds. The summed E-state index contributed by atoms with van der Waals surface area (Å²) in [7, 11) is 1.62. The summed E-state index contributed by atoms with van der Waals surface area (Å²) in [6.45, 7) is 6.98. The maximum Gasteiger partial charge on any atom is 0.165 e. The summed E-state index contributed by atoms with van der Waals surface area (Å²) in [5.74, 6) is 0.191. The maximum atomic E-state index is 12.0. The smallest absolute Gasteiger partial charge is 0.165 e. The van der Waals surface area contributed by atoms with Gasteiger partial charge in [0.25, 0.3) is 0 Å². The molecular weight excluding hydrogens is 192 g/mol. The van der Waals surface area contributed by atoms with Gasteiger partial charge in [-0.3, -0.25) is 4.79 Å². The Morgan fingerprint density at radius 1 is 1.40 bits per heavy atom. The number of rotatable bonds is 5. The third kappa shape index (κ3) is 3.14. The van der Waals surface area contributed by atoms with Crippen LogP contribution in [0, 0.1) is 0 Å². The van der Waals surface area contributed by atoms with Gasteiger partial charge in [0.15, 0.2) is 5.78 Å². The molecule has 0 unspecified atom stereocenters. The zero-order chi connectivity index (χ0) is 11.3. The lowest BCUT2D eigenvalue weighted by molar-refractivity contribution is -0.152. The number of ether oxygens (including phenoxy) is 2. The van der Waals surface area contributed by atoms with Gasteiger partial charge >= 0.3 is 0 Å². The Labute approximate surface area is 91.4 Å². The molecule has 0 radical (unpaired) electrons. The second-order valence-corrected chi connectivity index (χ2v) is 4.19. The summed E-state index contributed by atoms with van der Waals surface area (Å²) >= 11 is 0. The van der Waals surface area contributed by atoms with Crippen molar-refractivity contribution in [3.63, 3.8) is 0 Å². The van der Waals surface area contributed by atoms with Crippen molar-refractivity contribution in [3.05, 3.63) is 12.2 Å². The monoisotopic (exact) mass is 212 g/mol. The fraction of sp³-hybridized carbons (Fsp3) is 0.750. The minimum Gasteiger partial charge on any atom is -0.381 e. The average molecular weight is 212 g/mol. The van der Waals surface area contributed by atoms with Crippen LogP contribution in [0.4, 0.5) is 0 Å². The maximum absolute atomic E-state index is 12.0. The number of carbonyl (C=O) groups is 1. The molecule has 0 bridgehead atoms. The molecule has 1 fully saturated rings. The topological polar surface area (TPSA) is 35.5 Å². The molecule has 0 saturated carbocycles. The van der Waals surface area contributed by atoms with E-state index in [0.29, 0.717) is 32.5 Å². The number of carbonyl (C=O) groups excluding carboxylic acids is 1. The van der Waals surface area contributed by atoms with Crippen molar-refractivity contribution in [2.75, 3.05) is 20.3 Å². The molecular formula is C12H20O3. The Morgan fingerprint density at radius 2 is 2.00 bits per heavy atom. The zero-order valence-electron chi connectivity index (χ0n) is 9.67. The zero-order valence-corrected chi connectivity index (χ0v) is 9.67. The molecule has 0 spiro atoms. The third-order valence-electron chi connectivity index (χ3n) is 2.98. The lowest BCUT2D eigenvalue weighted by atomic mass is 9.86. The summed E-state index contributed by atoms with van der Waals surface area (Å²) in [5, 5.41) is 0. The van der Waals surface area contributed by atoms with Crippen LogP contribution in [0.25, 0.3) is 0 Å². The van der Waals surface area contributed by atoms with E-state index in [1.165, 1.54) is 0 Å². The van der Waals surface area contributed by atoms with Crippen molar-refractivity contribution in [1.82, 2.24) is 0 Å². The first-order valence-electron chi connectivity index (χ1n) is 5.41. The molecule has 3 nitrogen and oxygen atoms in total. The Morgan fingerprint density at radius 3 is 2.47 bits per heavy atom. The molecule has 1 rings (SSSR count). The van der Waals surface area contributed by atoms with E-state index in [0.717, 1.165) is 12.0 Å². The van der Waals surface area contributed by atoms with Gasteiger partial charge in [0.2, 0.25) is 0 Å². The van der Waals surface area contributed by atoms with Crippen molar-refractivity contribution in [2.45, 2.75) is 38.2 Å². The fourth-order valence-corrected chi connectivity index (χ4v) is 1.85. The van der Waals surface area contributed by atoms with Gasteiger partial charge in [-0.05, 0) is 13.3 Å². The number of ketones is 1. The van der Waals surface area contributed by atoms with Crippen LogP contribution in [0.15, 0.2) is 12.2 Å². The van der Waals surface area contributed by atoms with E-state index < -0.39 is 5.60 Å². The van der Waals surface area contributed by atoms with Crippen LogP contribution < -0.4 is 0 Å². The molecule has 0 atom stereocenters. The molecule has 1 saturated heterocycles. The first kappa shape index (κ1) is 12.4. The molecule has 0 N–H and O–H groups in total. The number of hydrogen-bond donors (Lipinski definition) is 0. The van der Waals surface area contributed by atoms with Crippen molar-refractivity contribution >= 4 is 5.78 Å². The van der Waals surface area contributed by atoms with Gasteiger partial charge in [-0.2, -0.15) is 0 Å². The summed E-state index contributed by atoms with van der Waals surface area (Å²) in [5.41, 5.74) is 0.454. The van der Waals surface area contributed by atoms with Crippen LogP contribution in [-0.4, -0.2) is 31.7 Å². The molecule has 1 aliphatic heterocycles. The third-order valence-corrected chi connectivity index (χ3v) is 2.98. The largest absolute Gasteiger partial charge is 0.381 e. The standard InChI is InChI=1S/C12H20O3/c1-10(2)4-5-11(13)12(14-3)6-8-15-9-7-12/h1,4-9H2,2-3H3. The normalized spacial score (nSPS) is 19.9. The van der Waals surface area contributed by atoms with E-state index in [1.54, 1.807) is 7.11 Å². The van der Waals surface area contributed by atoms with Crippen LogP contribution in [0.5, 0.6) is 0 Å². The van der Waals surface area contributed by atoms with Crippen LogP contribution in [0.3, 0.4) is 0 Å². The lowest BCUT2D eigenvalue weighted by Gasteiger charge is -2.34. The van der Waals surface area contributed by atoms with Gasteiger partial charge in [0.1, 0.15) is 5.60 Å². The van der Waals surface area contributed by atoms with Crippen LogP contribution in [0.2, 0.25) is 0 Å². The van der Waals surface area contributed by atoms with Crippen LogP contribution >= 0.6 is 0 Å². The Balaban J connectivity index is 2.55. The molecule has 1 aliphatic rings. The molecule has 1 heterocycles. The molecule has 0 aromatic heterocycles. The Hall–Kier alpha value is -0.670. The number of Topliss-reactive ketones (excluding diaryl/α,β-unsaturated/α-hetero) is 1. The minimum absolute atomic E-state index is 0.191. The van der Waals surface area contributed by atoms with E-state index >= 15 is 0 Å². The van der Waals surface area contributed by atoms with Gasteiger partial charge in [-0.15, -0.1) is 6.58 Å². The first-order valence-corrected chi connectivity index (χ1v) is 5.41. The van der Waals surface area contributed by atoms with E-state index in [1.807, 2.05) is 6.92 Å². The highest BCUT2D eigenvalue weighted by molar-refractivity contribution is 5.87. The summed E-state index contributed by atoms with van der Waals surface area (Å²) in [6, 6.07) is 0. The van der Waals surface area contributed by atoms with Crippen molar-refractivity contribution < 1.29 is 14.3 Å². The molecule has 0 aliphatic carbocycles. The van der Waals surface area contributed by atoms with Crippen molar-refractivity contribution in [2.24, 2.45) is 0 Å². The predicted molar refractivity (Wildman–Crippen MR) is 58.8 cm³/mol. The molecule has 3 heteroatoms. The second-order valence-electron chi connectivity index (χ2n) is 4.19. The van der Waals surface area contributed by atoms with E-state index in [2.05, 4.69) is 6.58 Å². The quantitative estimate of drug-likeness (QED) is 0.655. The fourth-order valence-electron chi connectivity index (χ4n) is 1.85. The summed E-state index contributed by atoms with van der Waals surface area (Å²) < 4.78 is 10.7. The first-order chi connectivity index (χ1) is 7.10.